The number of carboxylic acids is 1. The highest BCUT2D eigenvalue weighted by Crippen LogP contribution is 2.26. The highest BCUT2D eigenvalue weighted by molar-refractivity contribution is 6.09. The lowest BCUT2D eigenvalue weighted by atomic mass is 10.1. The van der Waals surface area contributed by atoms with Crippen LogP contribution in [0.2, 0.25) is 0 Å². The van der Waals surface area contributed by atoms with E-state index >= 15 is 0 Å². The number of nitrogen functional groups attached to an aromatic ring is 1. The summed E-state index contributed by atoms with van der Waals surface area (Å²) in [5, 5.41) is 12.1. The molecule has 0 aliphatic heterocycles. The smallest absolute Gasteiger partial charge is 0.340 e. The van der Waals surface area contributed by atoms with Crippen LogP contribution in [0, 0.1) is 0 Å². The zero-order chi connectivity index (χ0) is 12.6. The molecule has 0 spiro atoms. The number of rotatable bonds is 2. The number of aromatic amines is 1. The van der Waals surface area contributed by atoms with Crippen LogP contribution in [-0.2, 0) is 4.79 Å². The van der Waals surface area contributed by atoms with Crippen molar-refractivity contribution in [2.24, 2.45) is 0 Å². The average molecular weight is 233 g/mol. The predicted octanol–water partition coefficient (Wildman–Crippen LogP) is 1.41. The Morgan fingerprint density at radius 1 is 1.41 bits per heavy atom. The second kappa shape index (κ2) is 3.82. The molecule has 1 heterocycles. The third kappa shape index (κ3) is 1.92. The molecule has 0 radical (unpaired) electrons. The summed E-state index contributed by atoms with van der Waals surface area (Å²) in [5.74, 6) is -1.17. The van der Waals surface area contributed by atoms with Crippen molar-refractivity contribution in [1.29, 1.82) is 0 Å². The van der Waals surface area contributed by atoms with E-state index in [1.54, 1.807) is 18.2 Å². The monoisotopic (exact) mass is 233 g/mol. The van der Waals surface area contributed by atoms with Gasteiger partial charge in [-0.3, -0.25) is 4.79 Å². The van der Waals surface area contributed by atoms with Crippen molar-refractivity contribution in [3.05, 3.63) is 23.8 Å². The zero-order valence-corrected chi connectivity index (χ0v) is 9.07. The van der Waals surface area contributed by atoms with E-state index in [9.17, 15) is 9.59 Å². The Bertz CT molecular complexity index is 616. The summed E-state index contributed by atoms with van der Waals surface area (Å²) < 4.78 is 0. The average Bonchev–Trinajstić information content (AvgIpc) is 2.51. The van der Waals surface area contributed by atoms with E-state index in [1.165, 1.54) is 6.92 Å². The normalized spacial score (nSPS) is 10.4. The Labute approximate surface area is 96.4 Å². The van der Waals surface area contributed by atoms with Crippen LogP contribution in [0.4, 0.5) is 11.5 Å². The molecule has 6 heteroatoms. The predicted molar refractivity (Wildman–Crippen MR) is 64.0 cm³/mol. The minimum atomic E-state index is -1.08. The molecule has 0 aliphatic rings. The fourth-order valence-corrected chi connectivity index (χ4v) is 1.73. The summed E-state index contributed by atoms with van der Waals surface area (Å²) in [6.07, 6.45) is 0. The number of aromatic nitrogens is 1. The van der Waals surface area contributed by atoms with Crippen LogP contribution in [0.25, 0.3) is 10.9 Å². The number of anilines is 2. The van der Waals surface area contributed by atoms with Gasteiger partial charge in [0.15, 0.2) is 0 Å². The number of nitrogens with one attached hydrogen (secondary N) is 2. The van der Waals surface area contributed by atoms with Gasteiger partial charge < -0.3 is 21.1 Å². The summed E-state index contributed by atoms with van der Waals surface area (Å²) in [4.78, 5) is 24.6. The van der Waals surface area contributed by atoms with Crippen LogP contribution < -0.4 is 11.1 Å². The maximum atomic E-state index is 11.0. The van der Waals surface area contributed by atoms with Crippen LogP contribution >= 0.6 is 0 Å². The van der Waals surface area contributed by atoms with Gasteiger partial charge in [0.2, 0.25) is 5.91 Å². The van der Waals surface area contributed by atoms with Crippen molar-refractivity contribution in [2.75, 3.05) is 11.1 Å². The Morgan fingerprint density at radius 2 is 2.12 bits per heavy atom. The number of aromatic carboxylic acids is 1. The standard InChI is InChI=1S/C11H11N3O3/c1-5(15)13-6-2-3-7-8(4-6)14-10(12)9(7)11(16)17/h2-4,14H,12H2,1H3,(H,13,15)(H,16,17). The molecule has 0 fully saturated rings. The van der Waals surface area contributed by atoms with Gasteiger partial charge in [0.25, 0.3) is 0 Å². The third-order valence-electron chi connectivity index (χ3n) is 2.36. The van der Waals surface area contributed by atoms with Crippen LogP contribution in [0.1, 0.15) is 17.3 Å². The van der Waals surface area contributed by atoms with Gasteiger partial charge >= 0.3 is 5.97 Å². The van der Waals surface area contributed by atoms with Crippen molar-refractivity contribution < 1.29 is 14.7 Å². The van der Waals surface area contributed by atoms with Gasteiger partial charge in [-0.1, -0.05) is 0 Å². The number of hydrogen-bond donors (Lipinski definition) is 4. The van der Waals surface area contributed by atoms with E-state index in [2.05, 4.69) is 10.3 Å². The summed E-state index contributed by atoms with van der Waals surface area (Å²) in [6.45, 7) is 1.40. The van der Waals surface area contributed by atoms with Gasteiger partial charge in [0.1, 0.15) is 11.4 Å². The molecule has 5 N–H and O–H groups in total. The zero-order valence-electron chi connectivity index (χ0n) is 9.07. The van der Waals surface area contributed by atoms with E-state index in [4.69, 9.17) is 10.8 Å². The molecule has 0 aliphatic carbocycles. The number of H-pyrrole nitrogens is 1. The molecule has 1 aromatic heterocycles. The fraction of sp³-hybridized carbons (Fsp3) is 0.0909. The quantitative estimate of drug-likeness (QED) is 0.628. The first kappa shape index (κ1) is 11.0. The third-order valence-corrected chi connectivity index (χ3v) is 2.36. The molecule has 88 valence electrons. The Balaban J connectivity index is 2.57. The molecule has 17 heavy (non-hydrogen) atoms. The molecular formula is C11H11N3O3. The van der Waals surface area contributed by atoms with E-state index in [-0.39, 0.29) is 17.3 Å². The minimum absolute atomic E-state index is 0.0503. The molecule has 2 aromatic rings. The number of carbonyl (C=O) groups excluding carboxylic acids is 1. The number of fused-ring (bicyclic) bond motifs is 1. The largest absolute Gasteiger partial charge is 0.478 e. The Hall–Kier alpha value is -2.50. The highest BCUT2D eigenvalue weighted by atomic mass is 16.4. The second-order valence-electron chi connectivity index (χ2n) is 3.66. The molecule has 6 nitrogen and oxygen atoms in total. The van der Waals surface area contributed by atoms with E-state index in [0.29, 0.717) is 16.6 Å². The van der Waals surface area contributed by atoms with Gasteiger partial charge in [-0.15, -0.1) is 0 Å². The summed E-state index contributed by atoms with van der Waals surface area (Å²) >= 11 is 0. The van der Waals surface area contributed by atoms with Crippen molar-refractivity contribution in [1.82, 2.24) is 4.98 Å². The van der Waals surface area contributed by atoms with Gasteiger partial charge in [-0.25, -0.2) is 4.79 Å². The molecule has 0 unspecified atom stereocenters. The van der Waals surface area contributed by atoms with Crippen molar-refractivity contribution >= 4 is 34.3 Å². The van der Waals surface area contributed by atoms with Crippen LogP contribution in [0.15, 0.2) is 18.2 Å². The van der Waals surface area contributed by atoms with Crippen molar-refractivity contribution in [3.8, 4) is 0 Å². The van der Waals surface area contributed by atoms with Crippen LogP contribution in [-0.4, -0.2) is 22.0 Å². The lowest BCUT2D eigenvalue weighted by Gasteiger charge is -2.01. The first-order chi connectivity index (χ1) is 7.99. The Morgan fingerprint density at radius 3 is 2.71 bits per heavy atom. The molecular weight excluding hydrogens is 222 g/mol. The number of amides is 1. The van der Waals surface area contributed by atoms with E-state index < -0.39 is 5.97 Å². The Kier molecular flexibility index (Phi) is 2.47. The van der Waals surface area contributed by atoms with Gasteiger partial charge in [-0.05, 0) is 18.2 Å². The minimum Gasteiger partial charge on any atom is -0.478 e. The maximum Gasteiger partial charge on any atom is 0.340 e. The first-order valence-electron chi connectivity index (χ1n) is 4.91. The number of carboxylic acid groups (broad SMARTS) is 1. The maximum absolute atomic E-state index is 11.0. The number of hydrogen-bond acceptors (Lipinski definition) is 3. The van der Waals surface area contributed by atoms with Crippen molar-refractivity contribution in [2.45, 2.75) is 6.92 Å². The molecule has 0 atom stereocenters. The molecule has 2 rings (SSSR count). The van der Waals surface area contributed by atoms with E-state index in [1.807, 2.05) is 0 Å². The van der Waals surface area contributed by atoms with Crippen LogP contribution in [0.5, 0.6) is 0 Å². The van der Waals surface area contributed by atoms with Gasteiger partial charge in [-0.2, -0.15) is 0 Å². The molecule has 0 saturated heterocycles. The van der Waals surface area contributed by atoms with Gasteiger partial charge in [0.05, 0.1) is 0 Å². The lowest BCUT2D eigenvalue weighted by molar-refractivity contribution is -0.114. The second-order valence-corrected chi connectivity index (χ2v) is 3.66. The number of carbonyl (C=O) groups is 2. The highest BCUT2D eigenvalue weighted by Gasteiger charge is 2.15. The van der Waals surface area contributed by atoms with Crippen molar-refractivity contribution in [3.63, 3.8) is 0 Å². The molecule has 1 aromatic carbocycles. The lowest BCUT2D eigenvalue weighted by Crippen LogP contribution is -2.05. The SMILES string of the molecule is CC(=O)Nc1ccc2c(C(=O)O)c(N)[nH]c2c1. The number of benzene rings is 1. The van der Waals surface area contributed by atoms with Gasteiger partial charge in [0, 0.05) is 23.5 Å². The summed E-state index contributed by atoms with van der Waals surface area (Å²) in [7, 11) is 0. The summed E-state index contributed by atoms with van der Waals surface area (Å²) in [6, 6.07) is 4.87. The fourth-order valence-electron chi connectivity index (χ4n) is 1.73. The van der Waals surface area contributed by atoms with E-state index in [0.717, 1.165) is 0 Å². The topological polar surface area (TPSA) is 108 Å². The van der Waals surface area contributed by atoms with Crippen LogP contribution in [0.3, 0.4) is 0 Å². The first-order valence-corrected chi connectivity index (χ1v) is 4.91. The molecule has 1 amide bonds. The molecule has 0 saturated carbocycles. The summed E-state index contributed by atoms with van der Waals surface area (Å²) in [5.41, 5.74) is 6.79. The number of nitrogens with two attached hydrogens (primary N) is 1. The molecule has 0 bridgehead atoms.